The van der Waals surface area contributed by atoms with Gasteiger partial charge in [0.15, 0.2) is 0 Å². The van der Waals surface area contributed by atoms with E-state index in [2.05, 4.69) is 0 Å². The minimum atomic E-state index is -3.08. The zero-order valence-corrected chi connectivity index (χ0v) is 14.8. The monoisotopic (exact) mass is 368 g/mol. The first-order valence-electron chi connectivity index (χ1n) is 8.29. The molecule has 136 valence electrons. The molecule has 2 aliphatic heterocycles. The molecule has 2 heterocycles. The van der Waals surface area contributed by atoms with Gasteiger partial charge in [-0.3, -0.25) is 9.59 Å². The molecule has 1 aromatic rings. The van der Waals surface area contributed by atoms with E-state index in [-0.39, 0.29) is 30.6 Å². The normalized spacial score (nSPS) is 22.5. The lowest BCUT2D eigenvalue weighted by atomic mass is 10.0. The first-order valence-corrected chi connectivity index (χ1v) is 10.2. The number of halogens is 1. The van der Waals surface area contributed by atoms with Gasteiger partial charge in [-0.05, 0) is 37.1 Å². The number of hydrogen-bond donors (Lipinski definition) is 0. The van der Waals surface area contributed by atoms with Gasteiger partial charge in [0.2, 0.25) is 11.8 Å². The number of rotatable bonds is 3. The lowest BCUT2D eigenvalue weighted by Gasteiger charge is -2.32. The van der Waals surface area contributed by atoms with Gasteiger partial charge in [0, 0.05) is 38.0 Å². The Bertz CT molecular complexity index is 770. The zero-order valence-electron chi connectivity index (χ0n) is 14.0. The van der Waals surface area contributed by atoms with Crippen molar-refractivity contribution in [3.05, 3.63) is 30.1 Å². The van der Waals surface area contributed by atoms with Gasteiger partial charge in [0.05, 0.1) is 11.2 Å². The van der Waals surface area contributed by atoms with E-state index in [9.17, 15) is 22.4 Å². The van der Waals surface area contributed by atoms with Crippen LogP contribution >= 0.6 is 0 Å². The molecule has 0 radical (unpaired) electrons. The van der Waals surface area contributed by atoms with Gasteiger partial charge < -0.3 is 9.80 Å². The Labute approximate surface area is 146 Å². The van der Waals surface area contributed by atoms with Crippen molar-refractivity contribution < 1.29 is 22.4 Å². The van der Waals surface area contributed by atoms with E-state index in [1.807, 2.05) is 0 Å². The standard InChI is InChI=1S/C17H21FN2O4S/c1-25(23,24)15-6-8-19(9-7-15)17(22)12-10-16(21)20(11-12)14-4-2-13(18)3-5-14/h2-5,12,15H,6-11H2,1H3. The minimum absolute atomic E-state index is 0.107. The van der Waals surface area contributed by atoms with Crippen molar-refractivity contribution in [3.8, 4) is 0 Å². The van der Waals surface area contributed by atoms with Crippen LogP contribution in [-0.4, -0.2) is 56.3 Å². The molecule has 2 aliphatic rings. The molecule has 2 amide bonds. The maximum atomic E-state index is 13.0. The Morgan fingerprint density at radius 1 is 1.16 bits per heavy atom. The SMILES string of the molecule is CS(=O)(=O)C1CCN(C(=O)C2CC(=O)N(c3ccc(F)cc3)C2)CC1. The molecule has 3 rings (SSSR count). The fourth-order valence-electron chi connectivity index (χ4n) is 3.51. The summed E-state index contributed by atoms with van der Waals surface area (Å²) >= 11 is 0. The van der Waals surface area contributed by atoms with Crippen molar-refractivity contribution in [2.24, 2.45) is 5.92 Å². The molecule has 25 heavy (non-hydrogen) atoms. The highest BCUT2D eigenvalue weighted by molar-refractivity contribution is 7.91. The highest BCUT2D eigenvalue weighted by Crippen LogP contribution is 2.28. The van der Waals surface area contributed by atoms with Crippen molar-refractivity contribution >= 4 is 27.3 Å². The average Bonchev–Trinajstić information content (AvgIpc) is 2.96. The second-order valence-corrected chi connectivity index (χ2v) is 9.06. The molecule has 0 bridgehead atoms. The van der Waals surface area contributed by atoms with Gasteiger partial charge in [-0.25, -0.2) is 12.8 Å². The van der Waals surface area contributed by atoms with Crippen molar-refractivity contribution in [2.75, 3.05) is 30.8 Å². The van der Waals surface area contributed by atoms with E-state index in [1.54, 1.807) is 4.90 Å². The summed E-state index contributed by atoms with van der Waals surface area (Å²) in [7, 11) is -3.08. The molecule has 0 saturated carbocycles. The van der Waals surface area contributed by atoms with Crippen LogP contribution in [0.2, 0.25) is 0 Å². The van der Waals surface area contributed by atoms with Crippen LogP contribution in [-0.2, 0) is 19.4 Å². The molecule has 2 saturated heterocycles. The van der Waals surface area contributed by atoms with Gasteiger partial charge in [-0.15, -0.1) is 0 Å². The zero-order chi connectivity index (χ0) is 18.2. The Balaban J connectivity index is 1.63. The van der Waals surface area contributed by atoms with Crippen LogP contribution < -0.4 is 4.90 Å². The Kier molecular flexibility index (Phi) is 4.81. The number of amides is 2. The number of hydrogen-bond acceptors (Lipinski definition) is 4. The molecule has 0 N–H and O–H groups in total. The van der Waals surface area contributed by atoms with Crippen LogP contribution in [0.15, 0.2) is 24.3 Å². The van der Waals surface area contributed by atoms with Gasteiger partial charge >= 0.3 is 0 Å². The summed E-state index contributed by atoms with van der Waals surface area (Å²) in [6.07, 6.45) is 2.23. The molecule has 0 spiro atoms. The summed E-state index contributed by atoms with van der Waals surface area (Å²) < 4.78 is 36.2. The van der Waals surface area contributed by atoms with Crippen LogP contribution in [0.4, 0.5) is 10.1 Å². The van der Waals surface area contributed by atoms with E-state index < -0.39 is 21.0 Å². The maximum Gasteiger partial charge on any atom is 0.228 e. The summed E-state index contributed by atoms with van der Waals surface area (Å²) in [6.45, 7) is 1.07. The Hall–Kier alpha value is -1.96. The lowest BCUT2D eigenvalue weighted by molar-refractivity contribution is -0.136. The summed E-state index contributed by atoms with van der Waals surface area (Å²) in [5.74, 6) is -1.08. The molecule has 8 heteroatoms. The first-order chi connectivity index (χ1) is 11.8. The third-order valence-corrected chi connectivity index (χ3v) is 6.65. The van der Waals surface area contributed by atoms with Crippen LogP contribution in [0.5, 0.6) is 0 Å². The van der Waals surface area contributed by atoms with E-state index in [0.29, 0.717) is 31.6 Å². The maximum absolute atomic E-state index is 13.0. The predicted molar refractivity (Wildman–Crippen MR) is 91.3 cm³/mol. The molecule has 2 fully saturated rings. The van der Waals surface area contributed by atoms with Crippen LogP contribution in [0.3, 0.4) is 0 Å². The minimum Gasteiger partial charge on any atom is -0.342 e. The van der Waals surface area contributed by atoms with E-state index in [1.165, 1.54) is 35.4 Å². The lowest BCUT2D eigenvalue weighted by Crippen LogP contribution is -2.45. The Morgan fingerprint density at radius 3 is 2.32 bits per heavy atom. The van der Waals surface area contributed by atoms with Crippen molar-refractivity contribution in [1.82, 2.24) is 4.90 Å². The largest absolute Gasteiger partial charge is 0.342 e. The van der Waals surface area contributed by atoms with Crippen LogP contribution in [0.1, 0.15) is 19.3 Å². The van der Waals surface area contributed by atoms with E-state index in [4.69, 9.17) is 0 Å². The molecular formula is C17H21FN2O4S. The topological polar surface area (TPSA) is 74.8 Å². The predicted octanol–water partition coefficient (Wildman–Crippen LogP) is 1.21. The fraction of sp³-hybridized carbons (Fsp3) is 0.529. The first kappa shape index (κ1) is 17.8. The number of benzene rings is 1. The fourth-order valence-corrected chi connectivity index (χ4v) is 4.57. The van der Waals surface area contributed by atoms with Crippen LogP contribution in [0.25, 0.3) is 0 Å². The molecule has 6 nitrogen and oxygen atoms in total. The highest BCUT2D eigenvalue weighted by atomic mass is 32.2. The summed E-state index contributed by atoms with van der Waals surface area (Å²) in [5, 5.41) is -0.391. The molecular weight excluding hydrogens is 347 g/mol. The molecule has 1 unspecified atom stereocenters. The third-order valence-electron chi connectivity index (χ3n) is 4.97. The van der Waals surface area contributed by atoms with Crippen molar-refractivity contribution in [3.63, 3.8) is 0 Å². The average molecular weight is 368 g/mol. The number of anilines is 1. The second kappa shape index (κ2) is 6.74. The highest BCUT2D eigenvalue weighted by Gasteiger charge is 2.38. The van der Waals surface area contributed by atoms with Crippen molar-refractivity contribution in [1.29, 1.82) is 0 Å². The number of likely N-dealkylation sites (tertiary alicyclic amines) is 1. The van der Waals surface area contributed by atoms with E-state index in [0.717, 1.165) is 0 Å². The number of piperidine rings is 1. The smallest absolute Gasteiger partial charge is 0.228 e. The Morgan fingerprint density at radius 2 is 1.76 bits per heavy atom. The summed E-state index contributed by atoms with van der Waals surface area (Å²) in [5.41, 5.74) is 0.581. The second-order valence-electron chi connectivity index (χ2n) is 6.74. The quantitative estimate of drug-likeness (QED) is 0.804. The summed E-state index contributed by atoms with van der Waals surface area (Å²) in [4.78, 5) is 28.1. The molecule has 1 atom stereocenters. The van der Waals surface area contributed by atoms with Gasteiger partial charge in [0.25, 0.3) is 0 Å². The number of sulfone groups is 1. The van der Waals surface area contributed by atoms with Gasteiger partial charge in [-0.1, -0.05) is 0 Å². The van der Waals surface area contributed by atoms with Crippen LogP contribution in [0, 0.1) is 11.7 Å². The molecule has 1 aromatic carbocycles. The summed E-state index contributed by atoms with van der Waals surface area (Å²) in [6, 6.07) is 5.62. The third kappa shape index (κ3) is 3.84. The number of carbonyl (C=O) groups excluding carboxylic acids is 2. The van der Waals surface area contributed by atoms with Gasteiger partial charge in [0.1, 0.15) is 15.7 Å². The van der Waals surface area contributed by atoms with Crippen molar-refractivity contribution in [2.45, 2.75) is 24.5 Å². The van der Waals surface area contributed by atoms with Gasteiger partial charge in [-0.2, -0.15) is 0 Å². The number of carbonyl (C=O) groups is 2. The molecule has 0 aromatic heterocycles. The molecule has 0 aliphatic carbocycles. The van der Waals surface area contributed by atoms with E-state index >= 15 is 0 Å². The number of nitrogens with zero attached hydrogens (tertiary/aromatic N) is 2.